The maximum Gasteiger partial charge on any atom is 0.387 e. The van der Waals surface area contributed by atoms with E-state index in [9.17, 15) is 18.4 Å². The zero-order chi connectivity index (χ0) is 20.6. The van der Waals surface area contributed by atoms with Crippen LogP contribution >= 0.6 is 0 Å². The zero-order valence-corrected chi connectivity index (χ0v) is 15.8. The van der Waals surface area contributed by atoms with Gasteiger partial charge in [-0.05, 0) is 25.1 Å². The number of carbonyl (C=O) groups excluding carboxylic acids is 2. The number of nitrogens with one attached hydrogen (secondary N) is 2. The molecule has 8 heteroatoms. The van der Waals surface area contributed by atoms with Crippen LogP contribution in [-0.4, -0.2) is 42.0 Å². The van der Waals surface area contributed by atoms with Gasteiger partial charge in [0.25, 0.3) is 5.91 Å². The van der Waals surface area contributed by atoms with Crippen molar-refractivity contribution in [2.45, 2.75) is 25.6 Å². The Bertz CT molecular complexity index is 952. The maximum atomic E-state index is 12.9. The molecule has 1 saturated heterocycles. The molecule has 2 aromatic carbocycles. The van der Waals surface area contributed by atoms with E-state index in [0.717, 1.165) is 0 Å². The second-order valence-electron chi connectivity index (χ2n) is 7.61. The molecule has 2 amide bonds. The summed E-state index contributed by atoms with van der Waals surface area (Å²) in [7, 11) is 0. The van der Waals surface area contributed by atoms with Crippen LogP contribution in [0, 0.1) is 5.92 Å². The van der Waals surface area contributed by atoms with Gasteiger partial charge in [0.2, 0.25) is 5.91 Å². The normalized spacial score (nSPS) is 24.2. The molecule has 0 aliphatic carbocycles. The van der Waals surface area contributed by atoms with Gasteiger partial charge in [-0.25, -0.2) is 0 Å². The number of hydrogen-bond acceptors (Lipinski definition) is 4. The summed E-state index contributed by atoms with van der Waals surface area (Å²) in [5.74, 6) is -0.809. The van der Waals surface area contributed by atoms with Crippen LogP contribution in [0.2, 0.25) is 0 Å². The van der Waals surface area contributed by atoms with Crippen molar-refractivity contribution in [1.29, 1.82) is 0 Å². The SMILES string of the molecule is C[C@]12CN(Cc3ccccc3OC(F)F)C[C@H]1C(=O)Nc1ccccc1C(=O)N2. The van der Waals surface area contributed by atoms with Crippen molar-refractivity contribution < 1.29 is 23.1 Å². The predicted molar refractivity (Wildman–Crippen MR) is 103 cm³/mol. The lowest BCUT2D eigenvalue weighted by molar-refractivity contribution is -0.121. The Morgan fingerprint density at radius 2 is 1.90 bits per heavy atom. The number of hydrogen-bond donors (Lipinski definition) is 2. The van der Waals surface area contributed by atoms with Crippen molar-refractivity contribution in [3.63, 3.8) is 0 Å². The van der Waals surface area contributed by atoms with Gasteiger partial charge in [0.1, 0.15) is 5.75 Å². The Balaban J connectivity index is 1.58. The van der Waals surface area contributed by atoms with Crippen molar-refractivity contribution in [3.8, 4) is 5.75 Å². The van der Waals surface area contributed by atoms with E-state index >= 15 is 0 Å². The fourth-order valence-corrected chi connectivity index (χ4v) is 4.14. The van der Waals surface area contributed by atoms with Gasteiger partial charge in [-0.1, -0.05) is 30.3 Å². The Kier molecular flexibility index (Phi) is 4.96. The quantitative estimate of drug-likeness (QED) is 0.827. The molecule has 2 atom stereocenters. The molecule has 0 spiro atoms. The van der Waals surface area contributed by atoms with E-state index in [-0.39, 0.29) is 17.6 Å². The zero-order valence-electron chi connectivity index (χ0n) is 15.8. The lowest BCUT2D eigenvalue weighted by Gasteiger charge is -2.33. The lowest BCUT2D eigenvalue weighted by Crippen LogP contribution is -2.56. The molecule has 1 fully saturated rings. The fraction of sp³-hybridized carbons (Fsp3) is 0.333. The first-order chi connectivity index (χ1) is 13.9. The van der Waals surface area contributed by atoms with Crippen molar-refractivity contribution in [2.24, 2.45) is 5.92 Å². The predicted octanol–water partition coefficient (Wildman–Crippen LogP) is 2.86. The van der Waals surface area contributed by atoms with Gasteiger partial charge in [-0.3, -0.25) is 14.5 Å². The molecular formula is C21H21F2N3O3. The summed E-state index contributed by atoms with van der Waals surface area (Å²) in [6.45, 7) is 0.0383. The molecule has 2 aliphatic heterocycles. The molecular weight excluding hydrogens is 380 g/mol. The first-order valence-corrected chi connectivity index (χ1v) is 9.33. The van der Waals surface area contributed by atoms with Crippen molar-refractivity contribution in [3.05, 3.63) is 59.7 Å². The third-order valence-electron chi connectivity index (χ3n) is 5.49. The van der Waals surface area contributed by atoms with Crippen LogP contribution in [0.4, 0.5) is 14.5 Å². The number of para-hydroxylation sites is 2. The molecule has 0 unspecified atom stereocenters. The number of fused-ring (bicyclic) bond motifs is 2. The minimum atomic E-state index is -2.91. The van der Waals surface area contributed by atoms with E-state index in [1.165, 1.54) is 6.07 Å². The van der Waals surface area contributed by atoms with Crippen molar-refractivity contribution >= 4 is 17.5 Å². The van der Waals surface area contributed by atoms with Gasteiger partial charge in [-0.15, -0.1) is 0 Å². The number of halogens is 2. The van der Waals surface area contributed by atoms with Crippen LogP contribution in [0.1, 0.15) is 22.8 Å². The Hall–Kier alpha value is -3.00. The van der Waals surface area contributed by atoms with Gasteiger partial charge < -0.3 is 15.4 Å². The molecule has 2 aromatic rings. The summed E-state index contributed by atoms with van der Waals surface area (Å²) >= 11 is 0. The molecule has 152 valence electrons. The Labute approximate surface area is 166 Å². The Morgan fingerprint density at radius 1 is 1.17 bits per heavy atom. The summed E-state index contributed by atoms with van der Waals surface area (Å²) < 4.78 is 30.0. The van der Waals surface area contributed by atoms with Crippen molar-refractivity contribution in [1.82, 2.24) is 10.2 Å². The van der Waals surface area contributed by atoms with E-state index in [0.29, 0.717) is 36.4 Å². The number of nitrogens with zero attached hydrogens (tertiary/aromatic N) is 1. The Morgan fingerprint density at radius 3 is 2.69 bits per heavy atom. The molecule has 2 aliphatic rings. The summed E-state index contributed by atoms with van der Waals surface area (Å²) in [4.78, 5) is 27.7. The van der Waals surface area contributed by atoms with E-state index in [1.807, 2.05) is 11.8 Å². The topological polar surface area (TPSA) is 70.7 Å². The van der Waals surface area contributed by atoms with Crippen LogP contribution < -0.4 is 15.4 Å². The second-order valence-corrected chi connectivity index (χ2v) is 7.61. The van der Waals surface area contributed by atoms with Crippen LogP contribution in [-0.2, 0) is 11.3 Å². The molecule has 6 nitrogen and oxygen atoms in total. The average Bonchev–Trinajstić information content (AvgIpc) is 2.98. The number of ether oxygens (including phenoxy) is 1. The number of amides is 2. The summed E-state index contributed by atoms with van der Waals surface area (Å²) in [5.41, 5.74) is 0.703. The number of rotatable bonds is 4. The molecule has 4 rings (SSSR count). The molecule has 0 radical (unpaired) electrons. The van der Waals surface area contributed by atoms with Crippen LogP contribution in [0.5, 0.6) is 5.75 Å². The largest absolute Gasteiger partial charge is 0.434 e. The van der Waals surface area contributed by atoms with E-state index in [2.05, 4.69) is 15.4 Å². The molecule has 0 saturated carbocycles. The number of benzene rings is 2. The monoisotopic (exact) mass is 401 g/mol. The minimum Gasteiger partial charge on any atom is -0.434 e. The van der Waals surface area contributed by atoms with E-state index in [4.69, 9.17) is 0 Å². The van der Waals surface area contributed by atoms with Crippen molar-refractivity contribution in [2.75, 3.05) is 18.4 Å². The average molecular weight is 401 g/mol. The van der Waals surface area contributed by atoms with Gasteiger partial charge in [0.05, 0.1) is 22.7 Å². The number of carbonyl (C=O) groups is 2. The van der Waals surface area contributed by atoms with Gasteiger partial charge in [0.15, 0.2) is 0 Å². The third kappa shape index (κ3) is 3.80. The van der Waals surface area contributed by atoms with Gasteiger partial charge in [0, 0.05) is 25.2 Å². The third-order valence-corrected chi connectivity index (χ3v) is 5.49. The van der Waals surface area contributed by atoms with Gasteiger partial charge >= 0.3 is 6.61 Å². The molecule has 29 heavy (non-hydrogen) atoms. The van der Waals surface area contributed by atoms with Gasteiger partial charge in [-0.2, -0.15) is 8.78 Å². The number of anilines is 1. The van der Waals surface area contributed by atoms with E-state index in [1.54, 1.807) is 42.5 Å². The smallest absolute Gasteiger partial charge is 0.387 e. The molecule has 2 N–H and O–H groups in total. The fourth-order valence-electron chi connectivity index (χ4n) is 4.14. The molecule has 2 heterocycles. The highest BCUT2D eigenvalue weighted by Crippen LogP contribution is 2.34. The summed E-state index contributed by atoms with van der Waals surface area (Å²) in [6.07, 6.45) is 0. The summed E-state index contributed by atoms with van der Waals surface area (Å²) in [6, 6.07) is 13.5. The van der Waals surface area contributed by atoms with Crippen LogP contribution in [0.25, 0.3) is 0 Å². The molecule has 0 bridgehead atoms. The molecule has 0 aromatic heterocycles. The lowest BCUT2D eigenvalue weighted by atomic mass is 9.86. The van der Waals surface area contributed by atoms with Crippen LogP contribution in [0.15, 0.2) is 48.5 Å². The minimum absolute atomic E-state index is 0.109. The highest BCUT2D eigenvalue weighted by molar-refractivity contribution is 6.06. The first-order valence-electron chi connectivity index (χ1n) is 9.33. The first kappa shape index (κ1) is 19.3. The highest BCUT2D eigenvalue weighted by atomic mass is 19.3. The number of alkyl halides is 2. The summed E-state index contributed by atoms with van der Waals surface area (Å²) in [5, 5.41) is 5.87. The van der Waals surface area contributed by atoms with Crippen LogP contribution in [0.3, 0.4) is 0 Å². The maximum absolute atomic E-state index is 12.9. The number of likely N-dealkylation sites (tertiary alicyclic amines) is 1. The highest BCUT2D eigenvalue weighted by Gasteiger charge is 2.49. The standard InChI is InChI=1S/C21H21F2N3O3/c1-21-12-26(10-13-6-2-5-9-17(13)29-20(22)23)11-15(21)19(28)24-16-8-4-3-7-14(16)18(27)25-21/h2-9,15,20H,10-12H2,1H3,(H,24,28)(H,25,27)/t15-,21-/m0/s1. The van der Waals surface area contributed by atoms with E-state index < -0.39 is 18.1 Å². The second kappa shape index (κ2) is 7.44.